The zero-order valence-corrected chi connectivity index (χ0v) is 15.3. The van der Waals surface area contributed by atoms with E-state index in [1.54, 1.807) is 10.9 Å². The first-order valence-electron chi connectivity index (χ1n) is 9.19. The Balaban J connectivity index is 1.68. The van der Waals surface area contributed by atoms with E-state index < -0.39 is 0 Å². The third-order valence-corrected chi connectivity index (χ3v) is 6.31. The number of aryl methyl sites for hydroxylation is 1. The summed E-state index contributed by atoms with van der Waals surface area (Å²) in [5.74, 6) is 0.539. The molecule has 0 radical (unpaired) electrons. The molecule has 2 heterocycles. The summed E-state index contributed by atoms with van der Waals surface area (Å²) in [6, 6.07) is 10.3. The van der Waals surface area contributed by atoms with Gasteiger partial charge < -0.3 is 4.90 Å². The summed E-state index contributed by atoms with van der Waals surface area (Å²) in [4.78, 5) is 15.5. The number of nitrogens with zero attached hydrogens (tertiary/aromatic N) is 3. The van der Waals surface area contributed by atoms with E-state index in [1.807, 2.05) is 37.4 Å². The molecule has 4 rings (SSSR count). The van der Waals surface area contributed by atoms with Crippen LogP contribution < -0.4 is 0 Å². The fraction of sp³-hybridized carbons (Fsp3) is 0.500. The highest BCUT2D eigenvalue weighted by molar-refractivity contribution is 6.21. The molecule has 132 valence electrons. The van der Waals surface area contributed by atoms with Gasteiger partial charge in [0.2, 0.25) is 0 Å². The molecule has 0 N–H and O–H groups in total. The molecule has 1 saturated carbocycles. The summed E-state index contributed by atoms with van der Waals surface area (Å²) in [5.41, 5.74) is 2.62. The SMILES string of the molecule is Cn1ncc(C(=O)N2CCC(Cl)C3CCCCC32)c1-c1ccccc1. The number of carbonyl (C=O) groups is 1. The normalized spacial score (nSPS) is 26.3. The van der Waals surface area contributed by atoms with Crippen molar-refractivity contribution in [2.45, 2.75) is 43.5 Å². The van der Waals surface area contributed by atoms with E-state index in [4.69, 9.17) is 11.6 Å². The average Bonchev–Trinajstić information content (AvgIpc) is 3.04. The molecule has 1 amide bonds. The van der Waals surface area contributed by atoms with Gasteiger partial charge in [0.15, 0.2) is 0 Å². The molecule has 0 bridgehead atoms. The van der Waals surface area contributed by atoms with E-state index in [1.165, 1.54) is 12.8 Å². The Morgan fingerprint density at radius 2 is 1.92 bits per heavy atom. The third kappa shape index (κ3) is 2.97. The smallest absolute Gasteiger partial charge is 0.257 e. The van der Waals surface area contributed by atoms with Gasteiger partial charge in [0.05, 0.1) is 17.5 Å². The van der Waals surface area contributed by atoms with Crippen LogP contribution in [0.5, 0.6) is 0 Å². The minimum atomic E-state index is 0.104. The molecule has 0 spiro atoms. The first-order valence-corrected chi connectivity index (χ1v) is 9.63. The molecule has 4 nitrogen and oxygen atoms in total. The summed E-state index contributed by atoms with van der Waals surface area (Å²) < 4.78 is 1.80. The van der Waals surface area contributed by atoms with E-state index in [2.05, 4.69) is 10.00 Å². The number of alkyl halides is 1. The van der Waals surface area contributed by atoms with Crippen LogP contribution in [0.4, 0.5) is 0 Å². The second kappa shape index (κ2) is 6.83. The molecule has 2 aromatic rings. The Hall–Kier alpha value is -1.81. The molecule has 1 aromatic carbocycles. The Bertz CT molecular complexity index is 758. The van der Waals surface area contributed by atoms with E-state index in [0.717, 1.165) is 37.1 Å². The third-order valence-electron chi connectivity index (χ3n) is 5.77. The Kier molecular flexibility index (Phi) is 4.55. The van der Waals surface area contributed by atoms with Crippen LogP contribution in [0.25, 0.3) is 11.3 Å². The molecular weight excluding hydrogens is 334 g/mol. The molecule has 1 aliphatic carbocycles. The van der Waals surface area contributed by atoms with Crippen LogP contribution in [0.2, 0.25) is 0 Å². The number of carbonyl (C=O) groups excluding carboxylic acids is 1. The minimum absolute atomic E-state index is 0.104. The van der Waals surface area contributed by atoms with Crippen molar-refractivity contribution in [2.75, 3.05) is 6.54 Å². The maximum absolute atomic E-state index is 13.4. The maximum Gasteiger partial charge on any atom is 0.257 e. The van der Waals surface area contributed by atoms with Gasteiger partial charge in [-0.15, -0.1) is 11.6 Å². The highest BCUT2D eigenvalue weighted by atomic mass is 35.5. The molecule has 5 heteroatoms. The van der Waals surface area contributed by atoms with Gasteiger partial charge in [-0.2, -0.15) is 5.10 Å². The first kappa shape index (κ1) is 16.6. The molecule has 2 fully saturated rings. The fourth-order valence-corrected chi connectivity index (χ4v) is 4.92. The summed E-state index contributed by atoms with van der Waals surface area (Å²) in [6.45, 7) is 0.747. The van der Waals surface area contributed by atoms with Gasteiger partial charge in [-0.3, -0.25) is 9.48 Å². The number of benzene rings is 1. The summed E-state index contributed by atoms with van der Waals surface area (Å²) in [6.07, 6.45) is 7.23. The number of hydrogen-bond acceptors (Lipinski definition) is 2. The number of rotatable bonds is 2. The van der Waals surface area contributed by atoms with Gasteiger partial charge in [-0.1, -0.05) is 43.2 Å². The van der Waals surface area contributed by atoms with Crippen molar-refractivity contribution in [3.8, 4) is 11.3 Å². The number of hydrogen-bond donors (Lipinski definition) is 0. The second-order valence-electron chi connectivity index (χ2n) is 7.22. The van der Waals surface area contributed by atoms with Gasteiger partial charge >= 0.3 is 0 Å². The Labute approximate surface area is 153 Å². The van der Waals surface area contributed by atoms with E-state index in [9.17, 15) is 4.79 Å². The number of halogens is 1. The highest BCUT2D eigenvalue weighted by Gasteiger charge is 2.41. The summed E-state index contributed by atoms with van der Waals surface area (Å²) in [5, 5.41) is 4.58. The lowest BCUT2D eigenvalue weighted by Gasteiger charge is -2.46. The fourth-order valence-electron chi connectivity index (χ4n) is 4.53. The lowest BCUT2D eigenvalue weighted by molar-refractivity contribution is 0.0404. The maximum atomic E-state index is 13.4. The molecule has 25 heavy (non-hydrogen) atoms. The van der Waals surface area contributed by atoms with Crippen LogP contribution in [0.1, 0.15) is 42.5 Å². The predicted octanol–water partition coefficient (Wildman–Crippen LogP) is 4.10. The topological polar surface area (TPSA) is 38.1 Å². The van der Waals surface area contributed by atoms with E-state index in [-0.39, 0.29) is 17.3 Å². The molecular formula is C20H24ClN3O. The van der Waals surface area contributed by atoms with Crippen molar-refractivity contribution in [3.63, 3.8) is 0 Å². The van der Waals surface area contributed by atoms with Crippen molar-refractivity contribution >= 4 is 17.5 Å². The number of amides is 1. The summed E-state index contributed by atoms with van der Waals surface area (Å²) in [7, 11) is 1.90. The molecule has 3 atom stereocenters. The van der Waals surface area contributed by atoms with Gasteiger partial charge in [-0.25, -0.2) is 0 Å². The summed E-state index contributed by atoms with van der Waals surface area (Å²) >= 11 is 6.58. The lowest BCUT2D eigenvalue weighted by atomic mass is 9.77. The number of likely N-dealkylation sites (tertiary alicyclic amines) is 1. The largest absolute Gasteiger partial charge is 0.335 e. The second-order valence-corrected chi connectivity index (χ2v) is 7.78. The van der Waals surface area contributed by atoms with Gasteiger partial charge in [-0.05, 0) is 25.2 Å². The van der Waals surface area contributed by atoms with Crippen LogP contribution in [-0.2, 0) is 7.05 Å². The molecule has 1 aliphatic heterocycles. The average molecular weight is 358 g/mol. The van der Waals surface area contributed by atoms with Crippen molar-refractivity contribution in [3.05, 3.63) is 42.1 Å². The number of piperidine rings is 1. The zero-order valence-electron chi connectivity index (χ0n) is 14.6. The van der Waals surface area contributed by atoms with E-state index in [0.29, 0.717) is 11.5 Å². The van der Waals surface area contributed by atoms with Gasteiger partial charge in [0.25, 0.3) is 5.91 Å². The van der Waals surface area contributed by atoms with Crippen LogP contribution >= 0.6 is 11.6 Å². The molecule has 1 aromatic heterocycles. The minimum Gasteiger partial charge on any atom is -0.335 e. The van der Waals surface area contributed by atoms with Gasteiger partial charge in [0, 0.05) is 30.6 Å². The molecule has 3 unspecified atom stereocenters. The number of aromatic nitrogens is 2. The molecule has 2 aliphatic rings. The van der Waals surface area contributed by atoms with Crippen LogP contribution in [0, 0.1) is 5.92 Å². The van der Waals surface area contributed by atoms with Crippen LogP contribution in [0.3, 0.4) is 0 Å². The first-order chi connectivity index (χ1) is 12.2. The van der Waals surface area contributed by atoms with E-state index >= 15 is 0 Å². The predicted molar refractivity (Wildman–Crippen MR) is 99.7 cm³/mol. The quantitative estimate of drug-likeness (QED) is 0.759. The lowest BCUT2D eigenvalue weighted by Crippen LogP contribution is -2.53. The van der Waals surface area contributed by atoms with Crippen molar-refractivity contribution in [2.24, 2.45) is 13.0 Å². The van der Waals surface area contributed by atoms with Crippen LogP contribution in [-0.4, -0.2) is 38.6 Å². The Morgan fingerprint density at radius 1 is 1.16 bits per heavy atom. The monoisotopic (exact) mass is 357 g/mol. The Morgan fingerprint density at radius 3 is 2.72 bits per heavy atom. The van der Waals surface area contributed by atoms with Crippen LogP contribution in [0.15, 0.2) is 36.5 Å². The van der Waals surface area contributed by atoms with Crippen molar-refractivity contribution < 1.29 is 4.79 Å². The molecule has 1 saturated heterocycles. The van der Waals surface area contributed by atoms with Crippen molar-refractivity contribution in [1.82, 2.24) is 14.7 Å². The van der Waals surface area contributed by atoms with Gasteiger partial charge in [0.1, 0.15) is 0 Å². The standard InChI is InChI=1S/C20H24ClN3O/c1-23-19(14-7-3-2-4-8-14)16(13-22-23)20(25)24-12-11-17(21)15-9-5-6-10-18(15)24/h2-4,7-8,13,15,17-18H,5-6,9-12H2,1H3. The van der Waals surface area contributed by atoms with Crippen molar-refractivity contribution in [1.29, 1.82) is 0 Å². The zero-order chi connectivity index (χ0) is 17.4. The highest BCUT2D eigenvalue weighted by Crippen LogP contribution is 2.39. The number of fused-ring (bicyclic) bond motifs is 1.